The van der Waals surface area contributed by atoms with Crippen LogP contribution >= 0.6 is 0 Å². The number of rotatable bonds is 5. The van der Waals surface area contributed by atoms with Crippen molar-refractivity contribution in [1.82, 2.24) is 14.8 Å². The number of hydrogen-bond acceptors (Lipinski definition) is 6. The molecule has 2 aliphatic rings. The van der Waals surface area contributed by atoms with Crippen LogP contribution in [0.2, 0.25) is 0 Å². The van der Waals surface area contributed by atoms with Gasteiger partial charge < -0.3 is 4.74 Å². The molecule has 2 atom stereocenters. The molecule has 1 aromatic heterocycles. The van der Waals surface area contributed by atoms with E-state index in [1.54, 1.807) is 6.20 Å². The second-order valence-corrected chi connectivity index (χ2v) is 9.57. The van der Waals surface area contributed by atoms with Gasteiger partial charge in [0.2, 0.25) is 0 Å². The summed E-state index contributed by atoms with van der Waals surface area (Å²) >= 11 is 0. The number of hydrogen-bond donors (Lipinski definition) is 0. The Labute approximate surface area is 160 Å². The second kappa shape index (κ2) is 7.58. The summed E-state index contributed by atoms with van der Waals surface area (Å²) in [7, 11) is -0.920. The van der Waals surface area contributed by atoms with Crippen LogP contribution in [0.4, 0.5) is 0 Å². The van der Waals surface area contributed by atoms with Crippen LogP contribution in [-0.2, 0) is 23.0 Å². The van der Waals surface area contributed by atoms with Gasteiger partial charge in [-0.05, 0) is 36.9 Å². The van der Waals surface area contributed by atoms with Gasteiger partial charge in [-0.1, -0.05) is 18.2 Å². The van der Waals surface area contributed by atoms with Gasteiger partial charge in [0.1, 0.15) is 12.4 Å². The zero-order valence-corrected chi connectivity index (χ0v) is 16.3. The van der Waals surface area contributed by atoms with Gasteiger partial charge in [0.05, 0.1) is 17.2 Å². The van der Waals surface area contributed by atoms with Crippen molar-refractivity contribution in [2.45, 2.75) is 25.2 Å². The first-order valence-corrected chi connectivity index (χ1v) is 11.1. The molecule has 7 heteroatoms. The van der Waals surface area contributed by atoms with Crippen LogP contribution in [-0.4, -0.2) is 66.9 Å². The van der Waals surface area contributed by atoms with E-state index in [-0.39, 0.29) is 23.6 Å². The fourth-order valence-corrected chi connectivity index (χ4v) is 6.09. The molecule has 6 nitrogen and oxygen atoms in total. The van der Waals surface area contributed by atoms with E-state index >= 15 is 0 Å². The summed E-state index contributed by atoms with van der Waals surface area (Å²) in [5.41, 5.74) is 2.03. The maximum absolute atomic E-state index is 12.1. The number of likely N-dealkylation sites (N-methyl/N-ethyl adjacent to an activating group) is 1. The molecule has 2 saturated heterocycles. The molecule has 144 valence electrons. The molecular weight excluding hydrogens is 362 g/mol. The molecule has 2 fully saturated rings. The third-order valence-corrected chi connectivity index (χ3v) is 7.16. The summed E-state index contributed by atoms with van der Waals surface area (Å²) in [6.45, 7) is 2.95. The van der Waals surface area contributed by atoms with E-state index < -0.39 is 9.84 Å². The maximum Gasteiger partial charge on any atom is 0.153 e. The Bertz CT molecular complexity index is 888. The highest BCUT2D eigenvalue weighted by molar-refractivity contribution is 7.91. The number of nitrogens with zero attached hydrogens (tertiary/aromatic N) is 3. The molecule has 4 rings (SSSR count). The lowest BCUT2D eigenvalue weighted by Gasteiger charge is -2.42. The van der Waals surface area contributed by atoms with Gasteiger partial charge in [0, 0.05) is 37.9 Å². The molecule has 0 amide bonds. The lowest BCUT2D eigenvalue weighted by molar-refractivity contribution is 0.0572. The molecule has 0 N–H and O–H groups in total. The zero-order valence-electron chi connectivity index (χ0n) is 15.5. The predicted molar refractivity (Wildman–Crippen MR) is 104 cm³/mol. The van der Waals surface area contributed by atoms with Gasteiger partial charge in [0.15, 0.2) is 9.84 Å². The third kappa shape index (κ3) is 4.31. The van der Waals surface area contributed by atoms with E-state index in [2.05, 4.69) is 20.9 Å². The van der Waals surface area contributed by atoms with Crippen LogP contribution in [0.15, 0.2) is 48.7 Å². The lowest BCUT2D eigenvalue weighted by Crippen LogP contribution is -2.57. The second-order valence-electron chi connectivity index (χ2n) is 7.42. The highest BCUT2D eigenvalue weighted by Gasteiger charge is 2.45. The number of aromatic nitrogens is 1. The Hall–Kier alpha value is -1.96. The Morgan fingerprint density at radius 2 is 1.96 bits per heavy atom. The Morgan fingerprint density at radius 3 is 2.78 bits per heavy atom. The van der Waals surface area contributed by atoms with Crippen LogP contribution in [0.3, 0.4) is 0 Å². The first-order chi connectivity index (χ1) is 13.0. The molecule has 0 radical (unpaired) electrons. The fourth-order valence-electron chi connectivity index (χ4n) is 4.00. The van der Waals surface area contributed by atoms with Crippen LogP contribution < -0.4 is 4.74 Å². The molecule has 1 aromatic carbocycles. The van der Waals surface area contributed by atoms with Crippen LogP contribution in [0.25, 0.3) is 0 Å². The zero-order chi connectivity index (χ0) is 18.9. The monoisotopic (exact) mass is 387 g/mol. The molecule has 0 unspecified atom stereocenters. The number of pyridine rings is 1. The number of benzene rings is 1. The first kappa shape index (κ1) is 18.4. The van der Waals surface area contributed by atoms with Crippen LogP contribution in [0.1, 0.15) is 11.3 Å². The molecule has 27 heavy (non-hydrogen) atoms. The van der Waals surface area contributed by atoms with Crippen molar-refractivity contribution in [2.24, 2.45) is 0 Å². The van der Waals surface area contributed by atoms with E-state index in [0.717, 1.165) is 36.6 Å². The molecule has 0 bridgehead atoms. The van der Waals surface area contributed by atoms with Crippen molar-refractivity contribution in [3.05, 3.63) is 59.9 Å². The van der Waals surface area contributed by atoms with E-state index in [1.807, 2.05) is 43.4 Å². The largest absolute Gasteiger partial charge is 0.487 e. The number of fused-ring (bicyclic) bond motifs is 1. The summed E-state index contributed by atoms with van der Waals surface area (Å²) in [5, 5.41) is 0. The van der Waals surface area contributed by atoms with Crippen molar-refractivity contribution < 1.29 is 13.2 Å². The minimum absolute atomic E-state index is 0.0758. The fraction of sp³-hybridized carbons (Fsp3) is 0.450. The van der Waals surface area contributed by atoms with E-state index in [1.165, 1.54) is 0 Å². The van der Waals surface area contributed by atoms with Gasteiger partial charge in [-0.3, -0.25) is 14.8 Å². The van der Waals surface area contributed by atoms with Gasteiger partial charge in [-0.25, -0.2) is 8.42 Å². The van der Waals surface area contributed by atoms with E-state index in [0.29, 0.717) is 6.61 Å². The normalized spacial score (nSPS) is 25.2. The average molecular weight is 388 g/mol. The summed E-state index contributed by atoms with van der Waals surface area (Å²) in [4.78, 5) is 8.78. The molecule has 0 aliphatic carbocycles. The van der Waals surface area contributed by atoms with Crippen molar-refractivity contribution in [1.29, 1.82) is 0 Å². The maximum atomic E-state index is 12.1. The highest BCUT2D eigenvalue weighted by atomic mass is 32.2. The summed E-state index contributed by atoms with van der Waals surface area (Å²) < 4.78 is 30.1. The quantitative estimate of drug-likeness (QED) is 0.776. The van der Waals surface area contributed by atoms with Gasteiger partial charge in [0.25, 0.3) is 0 Å². The van der Waals surface area contributed by atoms with E-state index in [9.17, 15) is 8.42 Å². The van der Waals surface area contributed by atoms with Gasteiger partial charge in [-0.15, -0.1) is 0 Å². The van der Waals surface area contributed by atoms with Crippen molar-refractivity contribution in [3.8, 4) is 5.75 Å². The molecule has 0 spiro atoms. The number of piperazine rings is 1. The topological polar surface area (TPSA) is 62.7 Å². The van der Waals surface area contributed by atoms with Gasteiger partial charge in [-0.2, -0.15) is 0 Å². The molecular formula is C20H25N3O3S. The van der Waals surface area contributed by atoms with Crippen molar-refractivity contribution in [3.63, 3.8) is 0 Å². The standard InChI is InChI=1S/C20H25N3O3S/c1-22-9-10-23(20-15-27(24,25)14-19(20)22)12-16-5-4-7-18(11-16)26-13-17-6-2-3-8-21-17/h2-8,11,19-20H,9-10,12-15H2,1H3/t19-,20+/m0/s1. The average Bonchev–Trinajstić information content (AvgIpc) is 3.00. The number of ether oxygens (including phenoxy) is 1. The SMILES string of the molecule is CN1CCN(Cc2cccc(OCc3ccccn3)c2)[C@@H]2CS(=O)(=O)C[C@@H]21. The highest BCUT2D eigenvalue weighted by Crippen LogP contribution is 2.27. The van der Waals surface area contributed by atoms with Crippen LogP contribution in [0.5, 0.6) is 5.75 Å². The smallest absolute Gasteiger partial charge is 0.153 e. The molecule has 2 aliphatic heterocycles. The van der Waals surface area contributed by atoms with Gasteiger partial charge >= 0.3 is 0 Å². The summed E-state index contributed by atoms with van der Waals surface area (Å²) in [6.07, 6.45) is 1.76. The summed E-state index contributed by atoms with van der Waals surface area (Å²) in [6, 6.07) is 14.0. The third-order valence-electron chi connectivity index (χ3n) is 5.47. The summed E-state index contributed by atoms with van der Waals surface area (Å²) in [5.74, 6) is 1.35. The first-order valence-electron chi connectivity index (χ1n) is 9.26. The van der Waals surface area contributed by atoms with Crippen molar-refractivity contribution in [2.75, 3.05) is 31.6 Å². The minimum Gasteiger partial charge on any atom is -0.487 e. The lowest BCUT2D eigenvalue weighted by atomic mass is 10.0. The predicted octanol–water partition coefficient (Wildman–Crippen LogP) is 1.57. The minimum atomic E-state index is -2.95. The van der Waals surface area contributed by atoms with E-state index in [4.69, 9.17) is 4.74 Å². The Morgan fingerprint density at radius 1 is 1.11 bits per heavy atom. The number of sulfone groups is 1. The Kier molecular flexibility index (Phi) is 5.16. The van der Waals surface area contributed by atoms with Crippen LogP contribution in [0, 0.1) is 0 Å². The Balaban J connectivity index is 1.43. The van der Waals surface area contributed by atoms with Crippen molar-refractivity contribution >= 4 is 9.84 Å². The molecule has 3 heterocycles. The molecule has 2 aromatic rings. The molecule has 0 saturated carbocycles.